The van der Waals surface area contributed by atoms with Crippen LogP contribution in [0.3, 0.4) is 0 Å². The Bertz CT molecular complexity index is 557. The fourth-order valence-electron chi connectivity index (χ4n) is 3.09. The average Bonchev–Trinajstić information content (AvgIpc) is 2.72. The van der Waals surface area contributed by atoms with Crippen LogP contribution < -0.4 is 10.2 Å². The summed E-state index contributed by atoms with van der Waals surface area (Å²) >= 11 is 5.67. The van der Waals surface area contributed by atoms with Gasteiger partial charge in [0.1, 0.15) is 0 Å². The summed E-state index contributed by atoms with van der Waals surface area (Å²) in [4.78, 5) is 20.0. The number of nitrogens with zero attached hydrogens (tertiary/aromatic N) is 3. The van der Waals surface area contributed by atoms with E-state index >= 15 is 0 Å². The molecule has 0 spiro atoms. The second kappa shape index (κ2) is 3.93. The molecule has 1 saturated carbocycles. The molecule has 1 aliphatic heterocycles. The fraction of sp³-hybridized carbons (Fsp3) is 0.545. The van der Waals surface area contributed by atoms with Gasteiger partial charge in [0, 0.05) is 19.0 Å². The van der Waals surface area contributed by atoms with E-state index in [1.165, 1.54) is 0 Å². The Morgan fingerprint density at radius 1 is 1.74 bits per heavy atom. The number of amides is 1. The van der Waals surface area contributed by atoms with Crippen LogP contribution in [0.25, 0.3) is 0 Å². The topological polar surface area (TPSA) is 78.4 Å². The summed E-state index contributed by atoms with van der Waals surface area (Å²) in [6.45, 7) is 2.95. The minimum atomic E-state index is -1.06. The Morgan fingerprint density at radius 3 is 3.16 bits per heavy atom. The molecule has 2 aliphatic rings. The zero-order chi connectivity index (χ0) is 13.8. The van der Waals surface area contributed by atoms with Gasteiger partial charge < -0.3 is 15.3 Å². The van der Waals surface area contributed by atoms with Crippen LogP contribution in [0.15, 0.2) is 6.20 Å². The normalized spacial score (nSPS) is 32.1. The van der Waals surface area contributed by atoms with Crippen molar-refractivity contribution in [2.24, 2.45) is 11.8 Å². The van der Waals surface area contributed by atoms with Crippen LogP contribution in [0.5, 0.6) is 0 Å². The van der Waals surface area contributed by atoms with Gasteiger partial charge in [-0.15, -0.1) is 0 Å². The molecular weight excluding hydrogens is 275 g/mol. The molecule has 1 aromatic rings. The molecule has 0 radical (unpaired) electrons. The number of hydrogen-bond acceptors (Lipinski definition) is 4. The lowest BCUT2D eigenvalue weighted by atomic mass is 10.2. The maximum absolute atomic E-state index is 13.7. The van der Waals surface area contributed by atoms with Gasteiger partial charge in [-0.1, -0.05) is 6.92 Å². The molecule has 2 fully saturated rings. The molecule has 19 heavy (non-hydrogen) atoms. The van der Waals surface area contributed by atoms with Crippen molar-refractivity contribution in [3.63, 3.8) is 0 Å². The van der Waals surface area contributed by atoms with Crippen molar-refractivity contribution >= 4 is 23.5 Å². The summed E-state index contributed by atoms with van der Waals surface area (Å²) < 4.78 is 13.7. The van der Waals surface area contributed by atoms with E-state index in [0.717, 1.165) is 6.20 Å². The lowest BCUT2D eigenvalue weighted by Crippen LogP contribution is -2.43. The number of fused-ring (bicyclic) bond motifs is 1. The zero-order valence-corrected chi connectivity index (χ0v) is 10.9. The minimum absolute atomic E-state index is 0.0229. The first-order valence-corrected chi connectivity index (χ1v) is 6.26. The number of carbonyl (C=O) groups is 1. The molecule has 0 unspecified atom stereocenters. The molecule has 1 aliphatic carbocycles. The van der Waals surface area contributed by atoms with Crippen LogP contribution in [0, 0.1) is 17.7 Å². The highest BCUT2D eigenvalue weighted by Gasteiger charge is 2.68. The van der Waals surface area contributed by atoms with Crippen molar-refractivity contribution in [1.29, 1.82) is 0 Å². The third-order valence-corrected chi connectivity index (χ3v) is 4.36. The first kappa shape index (κ1) is 12.4. The molecule has 2 heterocycles. The van der Waals surface area contributed by atoms with E-state index in [1.807, 2.05) is 6.92 Å². The average molecular weight is 287 g/mol. The highest BCUT2D eigenvalue weighted by molar-refractivity contribution is 6.28. The number of rotatable bonds is 2. The molecule has 0 bridgehead atoms. The molecule has 0 aromatic carbocycles. The first-order valence-electron chi connectivity index (χ1n) is 5.88. The molecule has 6 nitrogen and oxygen atoms in total. The number of anilines is 1. The van der Waals surface area contributed by atoms with E-state index in [4.69, 9.17) is 16.7 Å². The molecule has 1 saturated heterocycles. The van der Waals surface area contributed by atoms with Gasteiger partial charge >= 0.3 is 6.09 Å². The summed E-state index contributed by atoms with van der Waals surface area (Å²) in [6.07, 6.45) is -0.0348. The summed E-state index contributed by atoms with van der Waals surface area (Å²) in [5.74, 6) is 0.00625. The Kier molecular flexibility index (Phi) is 2.57. The van der Waals surface area contributed by atoms with Gasteiger partial charge in [-0.3, -0.25) is 0 Å². The fourth-order valence-corrected chi connectivity index (χ4v) is 3.22. The molecule has 3 rings (SSSR count). The van der Waals surface area contributed by atoms with Crippen LogP contribution in [0.4, 0.5) is 15.0 Å². The van der Waals surface area contributed by atoms with Gasteiger partial charge in [0.05, 0.1) is 11.7 Å². The highest BCUT2D eigenvalue weighted by atomic mass is 35.5. The van der Waals surface area contributed by atoms with Gasteiger partial charge in [0.2, 0.25) is 5.28 Å². The van der Waals surface area contributed by atoms with E-state index in [0.29, 0.717) is 13.1 Å². The number of aromatic nitrogens is 2. The summed E-state index contributed by atoms with van der Waals surface area (Å²) in [6, 6.07) is 0. The SMILES string of the molecule is C[C@H]1[C@H]2CN(c3nc(Cl)ncc3F)C[C@]21NC(=O)O. The van der Waals surface area contributed by atoms with E-state index in [1.54, 1.807) is 4.90 Å². The maximum atomic E-state index is 13.7. The summed E-state index contributed by atoms with van der Waals surface area (Å²) in [5.41, 5.74) is -0.490. The van der Waals surface area contributed by atoms with Gasteiger partial charge in [-0.2, -0.15) is 4.98 Å². The number of halogens is 2. The Balaban J connectivity index is 1.84. The van der Waals surface area contributed by atoms with Crippen LogP contribution in [0.2, 0.25) is 5.28 Å². The van der Waals surface area contributed by atoms with Crippen molar-refractivity contribution in [3.8, 4) is 0 Å². The molecule has 8 heteroatoms. The largest absolute Gasteiger partial charge is 0.465 e. The minimum Gasteiger partial charge on any atom is -0.465 e. The van der Waals surface area contributed by atoms with Crippen molar-refractivity contribution in [2.45, 2.75) is 12.5 Å². The van der Waals surface area contributed by atoms with Crippen LogP contribution >= 0.6 is 11.6 Å². The second-order valence-corrected chi connectivity index (χ2v) is 5.39. The standard InChI is InChI=1S/C11H12ClFN4O2/c1-5-6-3-17(4-11(5,6)16-10(18)19)8-7(13)2-14-9(12)15-8/h2,5-6,16H,3-4H2,1H3,(H,18,19)/t5-,6+,11+/m0/s1. The van der Waals surface area contributed by atoms with Gasteiger partial charge in [-0.05, 0) is 17.5 Å². The van der Waals surface area contributed by atoms with Gasteiger partial charge in [0.15, 0.2) is 11.6 Å². The third kappa shape index (κ3) is 1.80. The Hall–Kier alpha value is -1.63. The lowest BCUT2D eigenvalue weighted by Gasteiger charge is -2.23. The van der Waals surface area contributed by atoms with Crippen molar-refractivity contribution in [3.05, 3.63) is 17.3 Å². The first-order chi connectivity index (χ1) is 8.94. The third-order valence-electron chi connectivity index (χ3n) is 4.17. The van der Waals surface area contributed by atoms with Crippen molar-refractivity contribution in [2.75, 3.05) is 18.0 Å². The number of carboxylic acid groups (broad SMARTS) is 1. The molecule has 1 amide bonds. The van der Waals surface area contributed by atoms with Crippen LogP contribution in [-0.2, 0) is 0 Å². The quantitative estimate of drug-likeness (QED) is 0.803. The number of piperidine rings is 1. The predicted octanol–water partition coefficient (Wildman–Crippen LogP) is 1.36. The van der Waals surface area contributed by atoms with Crippen LogP contribution in [0.1, 0.15) is 6.92 Å². The smallest absolute Gasteiger partial charge is 0.405 e. The van der Waals surface area contributed by atoms with Gasteiger partial charge in [0.25, 0.3) is 0 Å². The van der Waals surface area contributed by atoms with Crippen molar-refractivity contribution in [1.82, 2.24) is 15.3 Å². The van der Waals surface area contributed by atoms with E-state index in [-0.39, 0.29) is 22.9 Å². The molecule has 102 valence electrons. The number of nitrogens with one attached hydrogen (secondary N) is 1. The molecule has 2 N–H and O–H groups in total. The van der Waals surface area contributed by atoms with E-state index in [9.17, 15) is 9.18 Å². The van der Waals surface area contributed by atoms with Crippen molar-refractivity contribution < 1.29 is 14.3 Å². The van der Waals surface area contributed by atoms with Crippen LogP contribution in [-0.4, -0.2) is 39.8 Å². The van der Waals surface area contributed by atoms with E-state index in [2.05, 4.69) is 15.3 Å². The summed E-state index contributed by atoms with van der Waals surface area (Å²) in [5, 5.41) is 11.4. The molecular formula is C11H12ClFN4O2. The molecule has 3 atom stereocenters. The Morgan fingerprint density at radius 2 is 2.47 bits per heavy atom. The number of hydrogen-bond donors (Lipinski definition) is 2. The van der Waals surface area contributed by atoms with E-state index < -0.39 is 17.4 Å². The second-order valence-electron chi connectivity index (χ2n) is 5.06. The zero-order valence-electron chi connectivity index (χ0n) is 10.1. The predicted molar refractivity (Wildman–Crippen MR) is 65.8 cm³/mol. The monoisotopic (exact) mass is 286 g/mol. The Labute approximate surface area is 113 Å². The lowest BCUT2D eigenvalue weighted by molar-refractivity contribution is 0.187. The maximum Gasteiger partial charge on any atom is 0.405 e. The summed E-state index contributed by atoms with van der Waals surface area (Å²) in [7, 11) is 0. The highest BCUT2D eigenvalue weighted by Crippen LogP contribution is 2.55. The molecule has 1 aromatic heterocycles. The van der Waals surface area contributed by atoms with Gasteiger partial charge in [-0.25, -0.2) is 14.2 Å².